The lowest BCUT2D eigenvalue weighted by Gasteiger charge is -2.08. The summed E-state index contributed by atoms with van der Waals surface area (Å²) in [6, 6.07) is 7.21. The van der Waals surface area contributed by atoms with Crippen molar-refractivity contribution in [3.05, 3.63) is 53.6 Å². The normalized spacial score (nSPS) is 10.4. The van der Waals surface area contributed by atoms with Crippen molar-refractivity contribution in [3.8, 4) is 0 Å². The average molecular weight is 345 g/mol. The third-order valence-electron chi connectivity index (χ3n) is 3.13. The molecule has 2 aromatic rings. The Morgan fingerprint density at radius 3 is 2.52 bits per heavy atom. The number of hydrogen-bond donors (Lipinski definition) is 2. The second-order valence-electron chi connectivity index (χ2n) is 5.00. The maximum atomic E-state index is 12.1. The summed E-state index contributed by atoms with van der Waals surface area (Å²) in [5.41, 5.74) is 1.30. The zero-order chi connectivity index (χ0) is 18.1. The number of carbonyl (C=O) groups is 2. The van der Waals surface area contributed by atoms with Gasteiger partial charge in [0.2, 0.25) is 0 Å². The van der Waals surface area contributed by atoms with Gasteiger partial charge < -0.3 is 19.9 Å². The van der Waals surface area contributed by atoms with Gasteiger partial charge in [0.25, 0.3) is 5.91 Å². The molecule has 0 atom stereocenters. The number of anilines is 1. The Labute approximate surface area is 144 Å². The second-order valence-corrected chi connectivity index (χ2v) is 5.00. The Kier molecular flexibility index (Phi) is 7.00. The van der Waals surface area contributed by atoms with Crippen molar-refractivity contribution in [2.24, 2.45) is 0 Å². The summed E-state index contributed by atoms with van der Waals surface area (Å²) in [5, 5.41) is 11.5. The van der Waals surface area contributed by atoms with Crippen LogP contribution in [0, 0.1) is 0 Å². The van der Waals surface area contributed by atoms with Gasteiger partial charge in [-0.1, -0.05) is 12.1 Å². The number of hydrogen-bond acceptors (Lipinski definition) is 6. The summed E-state index contributed by atoms with van der Waals surface area (Å²) in [6.45, 7) is 4.02. The molecule has 0 fully saturated rings. The van der Waals surface area contributed by atoms with Crippen LogP contribution in [0.4, 0.5) is 5.69 Å². The van der Waals surface area contributed by atoms with Gasteiger partial charge >= 0.3 is 5.97 Å². The largest absolute Gasteiger partial charge is 0.476 e. The molecule has 25 heavy (non-hydrogen) atoms. The first kappa shape index (κ1) is 18.5. The molecule has 2 rings (SSSR count). The Bertz CT molecular complexity index is 718. The summed E-state index contributed by atoms with van der Waals surface area (Å²) >= 11 is 0. The molecule has 0 aliphatic carbocycles. The molecular weight excluding hydrogens is 326 g/mol. The molecule has 1 aromatic carbocycles. The van der Waals surface area contributed by atoms with Gasteiger partial charge in [-0.15, -0.1) is 0 Å². The number of carboxylic acids is 1. The van der Waals surface area contributed by atoms with Gasteiger partial charge in [-0.3, -0.25) is 4.79 Å². The first-order chi connectivity index (χ1) is 12.1. The highest BCUT2D eigenvalue weighted by Gasteiger charge is 2.11. The topological polar surface area (TPSA) is 111 Å². The quantitative estimate of drug-likeness (QED) is 0.669. The number of nitrogens with one attached hydrogen (secondary N) is 1. The number of nitrogens with zero attached hydrogens (tertiary/aromatic N) is 2. The number of aromatic nitrogens is 2. The molecule has 132 valence electrons. The lowest BCUT2D eigenvalue weighted by atomic mass is 10.2. The van der Waals surface area contributed by atoms with Gasteiger partial charge in [-0.05, 0) is 24.6 Å². The molecule has 8 nitrogen and oxygen atoms in total. The lowest BCUT2D eigenvalue weighted by molar-refractivity contribution is 0.0453. The molecule has 1 amide bonds. The first-order valence-electron chi connectivity index (χ1n) is 7.71. The molecule has 0 saturated heterocycles. The van der Waals surface area contributed by atoms with Crippen molar-refractivity contribution < 1.29 is 24.2 Å². The number of carboxylic acid groups (broad SMARTS) is 1. The number of aromatic carboxylic acids is 1. The van der Waals surface area contributed by atoms with Gasteiger partial charge in [-0.2, -0.15) is 0 Å². The average Bonchev–Trinajstić information content (AvgIpc) is 2.62. The van der Waals surface area contributed by atoms with E-state index in [2.05, 4.69) is 15.3 Å². The Morgan fingerprint density at radius 1 is 1.12 bits per heavy atom. The first-order valence-corrected chi connectivity index (χ1v) is 7.71. The molecule has 0 aliphatic rings. The summed E-state index contributed by atoms with van der Waals surface area (Å²) in [7, 11) is 0. The van der Waals surface area contributed by atoms with Gasteiger partial charge in [-0.25, -0.2) is 14.8 Å². The number of ether oxygens (including phenoxy) is 2. The molecule has 0 unspecified atom stereocenters. The molecule has 0 saturated carbocycles. The summed E-state index contributed by atoms with van der Waals surface area (Å²) in [5.74, 6) is -1.67. The van der Waals surface area contributed by atoms with E-state index in [1.807, 2.05) is 13.0 Å². The highest BCUT2D eigenvalue weighted by Crippen LogP contribution is 2.12. The third-order valence-corrected chi connectivity index (χ3v) is 3.13. The molecule has 8 heteroatoms. The number of carbonyl (C=O) groups excluding carboxylic acids is 1. The van der Waals surface area contributed by atoms with Crippen LogP contribution in [0.1, 0.15) is 33.5 Å². The zero-order valence-corrected chi connectivity index (χ0v) is 13.8. The van der Waals surface area contributed by atoms with Crippen LogP contribution in [0.25, 0.3) is 0 Å². The minimum atomic E-state index is -1.20. The standard InChI is InChI=1S/C17H19N3O5/c1-2-24-6-7-25-11-12-4-3-5-13(8-12)20-16(21)14-9-19-15(10-18-14)17(22)23/h3-5,8-10H,2,6-7,11H2,1H3,(H,20,21)(H,22,23). The summed E-state index contributed by atoms with van der Waals surface area (Å²) < 4.78 is 10.7. The van der Waals surface area contributed by atoms with Crippen molar-refractivity contribution in [2.45, 2.75) is 13.5 Å². The molecule has 2 N–H and O–H groups in total. The molecule has 0 spiro atoms. The highest BCUT2D eigenvalue weighted by atomic mass is 16.5. The van der Waals surface area contributed by atoms with E-state index in [-0.39, 0.29) is 11.4 Å². The highest BCUT2D eigenvalue weighted by molar-refractivity contribution is 6.02. The van der Waals surface area contributed by atoms with Crippen LogP contribution in [0.15, 0.2) is 36.7 Å². The molecule has 1 heterocycles. The molecule has 1 aromatic heterocycles. The van der Waals surface area contributed by atoms with E-state index in [1.165, 1.54) is 0 Å². The minimum absolute atomic E-state index is 0.0309. The van der Waals surface area contributed by atoms with Crippen LogP contribution in [0.3, 0.4) is 0 Å². The molecule has 0 bridgehead atoms. The fourth-order valence-electron chi connectivity index (χ4n) is 1.94. The Hall–Kier alpha value is -2.84. The van der Waals surface area contributed by atoms with Gasteiger partial charge in [0, 0.05) is 12.3 Å². The van der Waals surface area contributed by atoms with Gasteiger partial charge in [0.05, 0.1) is 32.2 Å². The molecular formula is C17H19N3O5. The summed E-state index contributed by atoms with van der Waals surface area (Å²) in [4.78, 5) is 30.3. The molecule has 0 aliphatic heterocycles. The van der Waals surface area contributed by atoms with Crippen molar-refractivity contribution >= 4 is 17.6 Å². The predicted octanol–water partition coefficient (Wildman–Crippen LogP) is 1.98. The zero-order valence-electron chi connectivity index (χ0n) is 13.8. The van der Waals surface area contributed by atoms with Crippen LogP contribution >= 0.6 is 0 Å². The Morgan fingerprint density at radius 2 is 1.84 bits per heavy atom. The van der Waals surface area contributed by atoms with E-state index >= 15 is 0 Å². The predicted molar refractivity (Wildman–Crippen MR) is 89.5 cm³/mol. The van der Waals surface area contributed by atoms with Crippen LogP contribution < -0.4 is 5.32 Å². The maximum absolute atomic E-state index is 12.1. The minimum Gasteiger partial charge on any atom is -0.476 e. The van der Waals surface area contributed by atoms with E-state index in [0.717, 1.165) is 18.0 Å². The fraction of sp³-hybridized carbons (Fsp3) is 0.294. The smallest absolute Gasteiger partial charge is 0.356 e. The third kappa shape index (κ3) is 5.94. The number of benzene rings is 1. The van der Waals surface area contributed by atoms with E-state index in [9.17, 15) is 9.59 Å². The van der Waals surface area contributed by atoms with Crippen molar-refractivity contribution in [1.82, 2.24) is 9.97 Å². The van der Waals surface area contributed by atoms with Gasteiger partial charge in [0.1, 0.15) is 5.69 Å². The Balaban J connectivity index is 1.92. The van der Waals surface area contributed by atoms with Crippen molar-refractivity contribution in [3.63, 3.8) is 0 Å². The number of amides is 1. The fourth-order valence-corrected chi connectivity index (χ4v) is 1.94. The van der Waals surface area contributed by atoms with Crippen molar-refractivity contribution in [2.75, 3.05) is 25.1 Å². The maximum Gasteiger partial charge on any atom is 0.356 e. The van der Waals surface area contributed by atoms with E-state index in [4.69, 9.17) is 14.6 Å². The SMILES string of the molecule is CCOCCOCc1cccc(NC(=O)c2cnc(C(=O)O)cn2)c1. The van der Waals surface area contributed by atoms with Gasteiger partial charge in [0.15, 0.2) is 5.69 Å². The van der Waals surface area contributed by atoms with Crippen LogP contribution in [0.2, 0.25) is 0 Å². The van der Waals surface area contributed by atoms with E-state index in [0.29, 0.717) is 32.1 Å². The van der Waals surface area contributed by atoms with Crippen LogP contribution in [-0.4, -0.2) is 46.8 Å². The van der Waals surface area contributed by atoms with E-state index in [1.54, 1.807) is 18.2 Å². The van der Waals surface area contributed by atoms with E-state index < -0.39 is 11.9 Å². The van der Waals surface area contributed by atoms with Crippen molar-refractivity contribution in [1.29, 1.82) is 0 Å². The van der Waals surface area contributed by atoms with Crippen LogP contribution in [-0.2, 0) is 16.1 Å². The second kappa shape index (κ2) is 9.45. The molecule has 0 radical (unpaired) electrons. The summed E-state index contributed by atoms with van der Waals surface area (Å²) in [6.07, 6.45) is 2.17. The lowest BCUT2D eigenvalue weighted by Crippen LogP contribution is -2.15. The monoisotopic (exact) mass is 345 g/mol. The van der Waals surface area contributed by atoms with Crippen LogP contribution in [0.5, 0.6) is 0 Å². The number of rotatable bonds is 9.